The zero-order chi connectivity index (χ0) is 12.7. The second-order valence-corrected chi connectivity index (χ2v) is 5.52. The molecule has 1 saturated carbocycles. The minimum Gasteiger partial charge on any atom is -0.297 e. The predicted molar refractivity (Wildman–Crippen MR) is 74.7 cm³/mol. The number of halogens is 1. The maximum absolute atomic E-state index is 6.26. The van der Waals surface area contributed by atoms with Gasteiger partial charge in [0, 0.05) is 10.9 Å². The molecule has 5 heteroatoms. The first kappa shape index (κ1) is 11.9. The molecule has 1 aromatic heterocycles. The van der Waals surface area contributed by atoms with Gasteiger partial charge in [-0.1, -0.05) is 29.8 Å². The highest BCUT2D eigenvalue weighted by Crippen LogP contribution is 2.40. The summed E-state index contributed by atoms with van der Waals surface area (Å²) in [6, 6.07) is 8.00. The first-order valence-electron chi connectivity index (χ1n) is 6.09. The summed E-state index contributed by atoms with van der Waals surface area (Å²) in [7, 11) is 0. The van der Waals surface area contributed by atoms with Crippen LogP contribution < -0.4 is 0 Å². The van der Waals surface area contributed by atoms with E-state index in [1.165, 1.54) is 12.8 Å². The van der Waals surface area contributed by atoms with E-state index in [4.69, 9.17) is 23.8 Å². The Morgan fingerprint density at radius 3 is 2.83 bits per heavy atom. The zero-order valence-electron chi connectivity index (χ0n) is 10.1. The minimum atomic E-state index is 0.112. The molecule has 0 amide bonds. The van der Waals surface area contributed by atoms with Crippen LogP contribution in [0.4, 0.5) is 0 Å². The monoisotopic (exact) mass is 279 g/mol. The highest BCUT2D eigenvalue weighted by Gasteiger charge is 2.30. The van der Waals surface area contributed by atoms with Crippen LogP contribution in [0.1, 0.15) is 43.1 Å². The molecular formula is C13H14ClN3S. The van der Waals surface area contributed by atoms with Crippen LogP contribution in [0.2, 0.25) is 5.02 Å². The molecular weight excluding hydrogens is 266 g/mol. The zero-order valence-corrected chi connectivity index (χ0v) is 11.6. The largest absolute Gasteiger partial charge is 0.297 e. The van der Waals surface area contributed by atoms with Gasteiger partial charge in [0.1, 0.15) is 5.82 Å². The molecule has 3 nitrogen and oxygen atoms in total. The van der Waals surface area contributed by atoms with Gasteiger partial charge in [-0.2, -0.15) is 5.10 Å². The normalized spacial score (nSPS) is 16.8. The Balaban J connectivity index is 2.07. The van der Waals surface area contributed by atoms with Gasteiger partial charge in [0.15, 0.2) is 4.77 Å². The molecule has 1 fully saturated rings. The number of nitrogens with one attached hydrogen (secondary N) is 1. The van der Waals surface area contributed by atoms with Gasteiger partial charge in [-0.3, -0.25) is 9.67 Å². The summed E-state index contributed by atoms with van der Waals surface area (Å²) in [5.41, 5.74) is 1.08. The Morgan fingerprint density at radius 1 is 1.44 bits per heavy atom. The average Bonchev–Trinajstić information content (AvgIpc) is 3.13. The quantitative estimate of drug-likeness (QED) is 0.859. The molecule has 1 heterocycles. The molecule has 1 N–H and O–H groups in total. The van der Waals surface area contributed by atoms with Gasteiger partial charge in [0.25, 0.3) is 0 Å². The van der Waals surface area contributed by atoms with E-state index in [1.54, 1.807) is 0 Å². The summed E-state index contributed by atoms with van der Waals surface area (Å²) in [6.07, 6.45) is 2.41. The fourth-order valence-corrected chi connectivity index (χ4v) is 2.86. The van der Waals surface area contributed by atoms with E-state index in [-0.39, 0.29) is 6.04 Å². The standard InChI is InChI=1S/C13H14ClN3S/c1-8(10-4-2-3-5-11(10)14)17-12(9-6-7-9)15-16-13(17)18/h2-5,8-9H,6-7H2,1H3,(H,16,18). The van der Waals surface area contributed by atoms with Crippen molar-refractivity contribution in [2.75, 3.05) is 0 Å². The molecule has 1 atom stereocenters. The molecule has 1 aliphatic carbocycles. The molecule has 2 aromatic rings. The lowest BCUT2D eigenvalue weighted by Crippen LogP contribution is -2.11. The van der Waals surface area contributed by atoms with E-state index in [0.717, 1.165) is 16.4 Å². The van der Waals surface area contributed by atoms with Crippen molar-refractivity contribution in [2.45, 2.75) is 31.7 Å². The Morgan fingerprint density at radius 2 is 2.17 bits per heavy atom. The van der Waals surface area contributed by atoms with Crippen molar-refractivity contribution in [1.29, 1.82) is 0 Å². The fraction of sp³-hybridized carbons (Fsp3) is 0.385. The van der Waals surface area contributed by atoms with E-state index in [1.807, 2.05) is 24.3 Å². The third-order valence-electron chi connectivity index (χ3n) is 3.42. The lowest BCUT2D eigenvalue weighted by molar-refractivity contribution is 0.596. The summed E-state index contributed by atoms with van der Waals surface area (Å²) in [6.45, 7) is 2.11. The van der Waals surface area contributed by atoms with Gasteiger partial charge >= 0.3 is 0 Å². The summed E-state index contributed by atoms with van der Waals surface area (Å²) in [5, 5.41) is 8.03. The summed E-state index contributed by atoms with van der Waals surface area (Å²) >= 11 is 11.6. The van der Waals surface area contributed by atoms with Crippen LogP contribution in [-0.4, -0.2) is 14.8 Å². The van der Waals surface area contributed by atoms with Gasteiger partial charge in [-0.15, -0.1) is 0 Å². The van der Waals surface area contributed by atoms with Crippen molar-refractivity contribution in [3.05, 3.63) is 45.4 Å². The number of benzene rings is 1. The fourth-order valence-electron chi connectivity index (χ4n) is 2.27. The number of rotatable bonds is 3. The molecule has 0 bridgehead atoms. The molecule has 0 aliphatic heterocycles. The van der Waals surface area contributed by atoms with Crippen molar-refractivity contribution < 1.29 is 0 Å². The van der Waals surface area contributed by atoms with E-state index >= 15 is 0 Å². The van der Waals surface area contributed by atoms with Gasteiger partial charge in [-0.05, 0) is 43.6 Å². The molecule has 0 saturated heterocycles. The van der Waals surface area contributed by atoms with Crippen molar-refractivity contribution in [3.63, 3.8) is 0 Å². The molecule has 0 spiro atoms. The third kappa shape index (κ3) is 1.99. The van der Waals surface area contributed by atoms with Crippen LogP contribution in [0.25, 0.3) is 0 Å². The van der Waals surface area contributed by atoms with Crippen LogP contribution in [0.15, 0.2) is 24.3 Å². The van der Waals surface area contributed by atoms with Crippen molar-refractivity contribution in [2.24, 2.45) is 0 Å². The molecule has 94 valence electrons. The topological polar surface area (TPSA) is 33.6 Å². The van der Waals surface area contributed by atoms with Crippen LogP contribution >= 0.6 is 23.8 Å². The number of H-pyrrole nitrogens is 1. The lowest BCUT2D eigenvalue weighted by Gasteiger charge is -2.17. The second kappa shape index (κ2) is 4.52. The summed E-state index contributed by atoms with van der Waals surface area (Å²) < 4.78 is 2.76. The third-order valence-corrected chi connectivity index (χ3v) is 4.05. The van der Waals surface area contributed by atoms with Crippen molar-refractivity contribution in [3.8, 4) is 0 Å². The minimum absolute atomic E-state index is 0.112. The first-order chi connectivity index (χ1) is 8.68. The molecule has 3 rings (SSSR count). The van der Waals surface area contributed by atoms with Gasteiger partial charge < -0.3 is 0 Å². The predicted octanol–water partition coefficient (Wildman–Crippen LogP) is 4.08. The number of aromatic amines is 1. The van der Waals surface area contributed by atoms with E-state index in [2.05, 4.69) is 21.7 Å². The number of nitrogens with zero attached hydrogens (tertiary/aromatic N) is 2. The molecule has 1 aromatic carbocycles. The van der Waals surface area contributed by atoms with Crippen LogP contribution in [0.3, 0.4) is 0 Å². The highest BCUT2D eigenvalue weighted by molar-refractivity contribution is 7.71. The maximum atomic E-state index is 6.26. The smallest absolute Gasteiger partial charge is 0.195 e. The maximum Gasteiger partial charge on any atom is 0.195 e. The first-order valence-corrected chi connectivity index (χ1v) is 6.88. The summed E-state index contributed by atoms with van der Waals surface area (Å²) in [5.74, 6) is 1.62. The lowest BCUT2D eigenvalue weighted by atomic mass is 10.1. The van der Waals surface area contributed by atoms with Gasteiger partial charge in [0.2, 0.25) is 0 Å². The van der Waals surface area contributed by atoms with E-state index < -0.39 is 0 Å². The van der Waals surface area contributed by atoms with Gasteiger partial charge in [0.05, 0.1) is 6.04 Å². The highest BCUT2D eigenvalue weighted by atomic mass is 35.5. The number of hydrogen-bond donors (Lipinski definition) is 1. The summed E-state index contributed by atoms with van der Waals surface area (Å²) in [4.78, 5) is 0. The van der Waals surface area contributed by atoms with Crippen LogP contribution in [0, 0.1) is 4.77 Å². The van der Waals surface area contributed by atoms with E-state index in [9.17, 15) is 0 Å². The Labute approximate surface area is 116 Å². The molecule has 1 unspecified atom stereocenters. The Hall–Kier alpha value is -1.13. The van der Waals surface area contributed by atoms with Gasteiger partial charge in [-0.25, -0.2) is 0 Å². The SMILES string of the molecule is CC(c1ccccc1Cl)n1c(C2CC2)n[nH]c1=S. The van der Waals surface area contributed by atoms with E-state index in [0.29, 0.717) is 10.7 Å². The Kier molecular flexibility index (Phi) is 2.99. The molecule has 0 radical (unpaired) electrons. The number of aromatic nitrogens is 3. The van der Waals surface area contributed by atoms with Crippen molar-refractivity contribution >= 4 is 23.8 Å². The Bertz CT molecular complexity index is 627. The van der Waals surface area contributed by atoms with Crippen molar-refractivity contribution in [1.82, 2.24) is 14.8 Å². The average molecular weight is 280 g/mol. The van der Waals surface area contributed by atoms with Crippen LogP contribution in [0.5, 0.6) is 0 Å². The molecule has 18 heavy (non-hydrogen) atoms. The van der Waals surface area contributed by atoms with Crippen LogP contribution in [-0.2, 0) is 0 Å². The second-order valence-electron chi connectivity index (χ2n) is 4.73. The number of hydrogen-bond acceptors (Lipinski definition) is 2. The molecule has 1 aliphatic rings.